The Labute approximate surface area is 147 Å². The van der Waals surface area contributed by atoms with Crippen LogP contribution in [-0.4, -0.2) is 71.5 Å². The lowest BCUT2D eigenvalue weighted by Gasteiger charge is -2.23. The summed E-state index contributed by atoms with van der Waals surface area (Å²) in [6, 6.07) is 5.41. The Morgan fingerprint density at radius 1 is 1.40 bits per heavy atom. The first-order valence-corrected chi connectivity index (χ1v) is 8.38. The maximum atomic E-state index is 12.8. The van der Waals surface area contributed by atoms with Gasteiger partial charge in [0, 0.05) is 12.6 Å². The minimum absolute atomic E-state index is 0.0599. The van der Waals surface area contributed by atoms with Gasteiger partial charge in [-0.05, 0) is 45.1 Å². The SMILES string of the molecule is COC(=O)[C@@H]1C[C@@H](N(C)C)CN1C(=O)Cc1ccc2nc(C)[nH]c2c1. The Morgan fingerprint density at radius 3 is 2.84 bits per heavy atom. The molecule has 1 fully saturated rings. The summed E-state index contributed by atoms with van der Waals surface area (Å²) in [5, 5.41) is 0. The van der Waals surface area contributed by atoms with E-state index in [-0.39, 0.29) is 24.3 Å². The van der Waals surface area contributed by atoms with E-state index < -0.39 is 6.04 Å². The molecule has 7 nitrogen and oxygen atoms in total. The maximum absolute atomic E-state index is 12.8. The lowest BCUT2D eigenvalue weighted by molar-refractivity contribution is -0.150. The Morgan fingerprint density at radius 2 is 2.16 bits per heavy atom. The molecular weight excluding hydrogens is 320 g/mol. The molecule has 1 aliphatic heterocycles. The normalized spacial score (nSPS) is 20.4. The number of nitrogens with zero attached hydrogens (tertiary/aromatic N) is 3. The van der Waals surface area contributed by atoms with Crippen LogP contribution in [0.3, 0.4) is 0 Å². The molecule has 0 bridgehead atoms. The van der Waals surface area contributed by atoms with Crippen LogP contribution in [-0.2, 0) is 20.7 Å². The molecule has 1 aliphatic rings. The molecule has 2 heterocycles. The summed E-state index contributed by atoms with van der Waals surface area (Å²) < 4.78 is 4.89. The summed E-state index contributed by atoms with van der Waals surface area (Å²) in [4.78, 5) is 36.2. The van der Waals surface area contributed by atoms with Gasteiger partial charge in [-0.25, -0.2) is 9.78 Å². The quantitative estimate of drug-likeness (QED) is 0.841. The number of nitrogens with one attached hydrogen (secondary N) is 1. The van der Waals surface area contributed by atoms with E-state index in [0.717, 1.165) is 22.4 Å². The number of benzene rings is 1. The Kier molecular flexibility index (Phi) is 4.76. The number of amides is 1. The highest BCUT2D eigenvalue weighted by Crippen LogP contribution is 2.23. The Hall–Kier alpha value is -2.41. The van der Waals surface area contributed by atoms with E-state index in [0.29, 0.717) is 13.0 Å². The predicted molar refractivity (Wildman–Crippen MR) is 94.1 cm³/mol. The number of aromatic nitrogens is 2. The number of fused-ring (bicyclic) bond motifs is 1. The van der Waals surface area contributed by atoms with Crippen molar-refractivity contribution < 1.29 is 14.3 Å². The van der Waals surface area contributed by atoms with Gasteiger partial charge in [0.1, 0.15) is 11.9 Å². The molecule has 134 valence electrons. The van der Waals surface area contributed by atoms with Gasteiger partial charge in [-0.2, -0.15) is 0 Å². The average Bonchev–Trinajstić information content (AvgIpc) is 3.16. The minimum atomic E-state index is -0.511. The second-order valence-corrected chi connectivity index (χ2v) is 6.79. The summed E-state index contributed by atoms with van der Waals surface area (Å²) in [7, 11) is 5.28. The van der Waals surface area contributed by atoms with Crippen molar-refractivity contribution in [3.8, 4) is 0 Å². The molecular formula is C18H24N4O3. The van der Waals surface area contributed by atoms with Gasteiger partial charge >= 0.3 is 5.97 Å². The average molecular weight is 344 g/mol. The second-order valence-electron chi connectivity index (χ2n) is 6.79. The number of ether oxygens (including phenoxy) is 1. The fourth-order valence-corrected chi connectivity index (χ4v) is 3.39. The lowest BCUT2D eigenvalue weighted by atomic mass is 10.1. The van der Waals surface area contributed by atoms with Crippen LogP contribution >= 0.6 is 0 Å². The van der Waals surface area contributed by atoms with Crippen LogP contribution in [0.5, 0.6) is 0 Å². The van der Waals surface area contributed by atoms with Crippen molar-refractivity contribution in [3.05, 3.63) is 29.6 Å². The number of carbonyl (C=O) groups is 2. The molecule has 3 rings (SSSR count). The number of likely N-dealkylation sites (N-methyl/N-ethyl adjacent to an activating group) is 1. The van der Waals surface area contributed by atoms with Crippen molar-refractivity contribution in [2.45, 2.75) is 31.8 Å². The molecule has 0 spiro atoms. The maximum Gasteiger partial charge on any atom is 0.328 e. The number of hydrogen-bond donors (Lipinski definition) is 1. The molecule has 0 unspecified atom stereocenters. The number of likely N-dealkylation sites (tertiary alicyclic amines) is 1. The number of methoxy groups -OCH3 is 1. The molecule has 0 aliphatic carbocycles. The lowest BCUT2D eigenvalue weighted by Crippen LogP contribution is -2.42. The second kappa shape index (κ2) is 6.84. The van der Waals surface area contributed by atoms with Crippen LogP contribution in [0, 0.1) is 6.92 Å². The molecule has 2 atom stereocenters. The molecule has 1 saturated heterocycles. The van der Waals surface area contributed by atoms with E-state index >= 15 is 0 Å². The van der Waals surface area contributed by atoms with Gasteiger partial charge in [0.25, 0.3) is 0 Å². The first-order chi connectivity index (χ1) is 11.9. The zero-order valence-corrected chi connectivity index (χ0v) is 15.1. The molecule has 25 heavy (non-hydrogen) atoms. The number of aryl methyl sites for hydroxylation is 1. The van der Waals surface area contributed by atoms with Crippen molar-refractivity contribution in [2.24, 2.45) is 0 Å². The van der Waals surface area contributed by atoms with Crippen LogP contribution in [0.25, 0.3) is 11.0 Å². The van der Waals surface area contributed by atoms with Gasteiger partial charge in [0.05, 0.1) is 24.6 Å². The summed E-state index contributed by atoms with van der Waals surface area (Å²) in [5.41, 5.74) is 2.70. The van der Waals surface area contributed by atoms with E-state index in [1.807, 2.05) is 44.1 Å². The van der Waals surface area contributed by atoms with Gasteiger partial charge in [-0.3, -0.25) is 4.79 Å². The smallest absolute Gasteiger partial charge is 0.328 e. The number of imidazole rings is 1. The van der Waals surface area contributed by atoms with Crippen molar-refractivity contribution in [1.29, 1.82) is 0 Å². The number of aromatic amines is 1. The third-order valence-electron chi connectivity index (χ3n) is 4.82. The number of esters is 1. The molecule has 7 heteroatoms. The van der Waals surface area contributed by atoms with E-state index in [4.69, 9.17) is 4.74 Å². The van der Waals surface area contributed by atoms with Crippen molar-refractivity contribution in [2.75, 3.05) is 27.7 Å². The molecule has 1 aromatic carbocycles. The molecule has 1 aromatic heterocycles. The third-order valence-corrected chi connectivity index (χ3v) is 4.82. The van der Waals surface area contributed by atoms with E-state index in [1.54, 1.807) is 4.90 Å². The van der Waals surface area contributed by atoms with Crippen LogP contribution in [0.1, 0.15) is 17.8 Å². The van der Waals surface area contributed by atoms with Crippen molar-refractivity contribution in [3.63, 3.8) is 0 Å². The van der Waals surface area contributed by atoms with Crippen LogP contribution in [0.4, 0.5) is 0 Å². The van der Waals surface area contributed by atoms with Crippen LogP contribution in [0.15, 0.2) is 18.2 Å². The van der Waals surface area contributed by atoms with Gasteiger partial charge in [0.15, 0.2) is 0 Å². The molecule has 0 radical (unpaired) electrons. The van der Waals surface area contributed by atoms with Crippen molar-refractivity contribution in [1.82, 2.24) is 19.8 Å². The molecule has 1 N–H and O–H groups in total. The molecule has 2 aromatic rings. The minimum Gasteiger partial charge on any atom is -0.467 e. The van der Waals surface area contributed by atoms with Gasteiger partial charge in [-0.1, -0.05) is 6.07 Å². The largest absolute Gasteiger partial charge is 0.467 e. The highest BCUT2D eigenvalue weighted by Gasteiger charge is 2.40. The monoisotopic (exact) mass is 344 g/mol. The standard InChI is InChI=1S/C18H24N4O3/c1-11-19-14-6-5-12(7-15(14)20-11)8-17(23)22-10-13(21(2)3)9-16(22)18(24)25-4/h5-7,13,16H,8-10H2,1-4H3,(H,19,20)/t13-,16+/m1/s1. The van der Waals surface area contributed by atoms with Crippen LogP contribution in [0.2, 0.25) is 0 Å². The van der Waals surface area contributed by atoms with Gasteiger partial charge in [0.2, 0.25) is 5.91 Å². The van der Waals surface area contributed by atoms with E-state index in [2.05, 4.69) is 9.97 Å². The van der Waals surface area contributed by atoms with E-state index in [9.17, 15) is 9.59 Å². The third kappa shape index (κ3) is 3.51. The van der Waals surface area contributed by atoms with Crippen LogP contribution < -0.4 is 0 Å². The van der Waals surface area contributed by atoms with Gasteiger partial charge < -0.3 is 19.5 Å². The first kappa shape index (κ1) is 17.4. The number of H-pyrrole nitrogens is 1. The highest BCUT2D eigenvalue weighted by molar-refractivity contribution is 5.87. The molecule has 0 saturated carbocycles. The van der Waals surface area contributed by atoms with E-state index in [1.165, 1.54) is 7.11 Å². The predicted octanol–water partition coefficient (Wildman–Crippen LogP) is 1.12. The Balaban J connectivity index is 1.78. The highest BCUT2D eigenvalue weighted by atomic mass is 16.5. The topological polar surface area (TPSA) is 78.5 Å². The fraction of sp³-hybridized carbons (Fsp3) is 0.500. The number of hydrogen-bond acceptors (Lipinski definition) is 5. The fourth-order valence-electron chi connectivity index (χ4n) is 3.39. The summed E-state index contributed by atoms with van der Waals surface area (Å²) in [6.45, 7) is 2.44. The van der Waals surface area contributed by atoms with Gasteiger partial charge in [-0.15, -0.1) is 0 Å². The summed E-state index contributed by atoms with van der Waals surface area (Å²) in [5.74, 6) is 0.435. The number of carbonyl (C=O) groups excluding carboxylic acids is 2. The zero-order chi connectivity index (χ0) is 18.1. The zero-order valence-electron chi connectivity index (χ0n) is 15.1. The Bertz CT molecular complexity index is 799. The summed E-state index contributed by atoms with van der Waals surface area (Å²) >= 11 is 0. The van der Waals surface area contributed by atoms with Crippen molar-refractivity contribution >= 4 is 22.9 Å². The number of rotatable bonds is 4. The molecule has 1 amide bonds. The summed E-state index contributed by atoms with van der Waals surface area (Å²) in [6.07, 6.45) is 0.853. The first-order valence-electron chi connectivity index (χ1n) is 8.38.